The van der Waals surface area contributed by atoms with Gasteiger partial charge in [0.15, 0.2) is 0 Å². The van der Waals surface area contributed by atoms with Crippen LogP contribution in [0, 0.1) is 0 Å². The Morgan fingerprint density at radius 2 is 1.54 bits per heavy atom. The third kappa shape index (κ3) is 3.28. The van der Waals surface area contributed by atoms with Crippen molar-refractivity contribution in [2.24, 2.45) is 0 Å². The highest BCUT2D eigenvalue weighted by Crippen LogP contribution is 2.27. The van der Waals surface area contributed by atoms with Crippen LogP contribution in [0.3, 0.4) is 0 Å². The Kier molecular flexibility index (Phi) is 4.98. The molecular weight excluding hydrogens is 330 g/mol. The minimum absolute atomic E-state index is 0.347. The first-order valence-corrected chi connectivity index (χ1v) is 8.30. The van der Waals surface area contributed by atoms with E-state index in [1.807, 2.05) is 30.3 Å². The van der Waals surface area contributed by atoms with Crippen LogP contribution >= 0.6 is 0 Å². The van der Waals surface area contributed by atoms with Gasteiger partial charge in [0.2, 0.25) is 0 Å². The number of carbonyl (C=O) groups is 3. The molecule has 5 heteroatoms. The number of hydrogen-bond donors (Lipinski definition) is 0. The molecule has 1 heterocycles. The van der Waals surface area contributed by atoms with E-state index in [1.165, 1.54) is 12.0 Å². The van der Waals surface area contributed by atoms with E-state index in [2.05, 4.69) is 0 Å². The van der Waals surface area contributed by atoms with E-state index in [4.69, 9.17) is 4.74 Å². The predicted molar refractivity (Wildman–Crippen MR) is 96.6 cm³/mol. The van der Waals surface area contributed by atoms with Gasteiger partial charge in [-0.15, -0.1) is 0 Å². The summed E-state index contributed by atoms with van der Waals surface area (Å²) in [4.78, 5) is 38.7. The average Bonchev–Trinajstić information content (AvgIpc) is 2.92. The highest BCUT2D eigenvalue weighted by atomic mass is 16.5. The Morgan fingerprint density at radius 3 is 2.08 bits per heavy atom. The van der Waals surface area contributed by atoms with E-state index in [0.717, 1.165) is 5.56 Å². The standard InChI is InChI=1S/C21H19NO4/c1-14(21(25)26-2)12-16(13-15-8-4-3-5-9-15)22-19(23)17-10-6-7-11-18(17)20(22)24/h3-12,16H,13H2,1-2H3/b14-12+/t16-/m1/s1. The van der Waals surface area contributed by atoms with Crippen molar-refractivity contribution in [3.05, 3.63) is 82.9 Å². The van der Waals surface area contributed by atoms with Crippen LogP contribution in [-0.2, 0) is 16.0 Å². The van der Waals surface area contributed by atoms with Crippen LogP contribution in [0.25, 0.3) is 0 Å². The van der Waals surface area contributed by atoms with E-state index in [9.17, 15) is 14.4 Å². The molecule has 0 radical (unpaired) electrons. The fourth-order valence-corrected chi connectivity index (χ4v) is 3.11. The van der Waals surface area contributed by atoms with E-state index in [1.54, 1.807) is 37.3 Å². The molecule has 1 aliphatic rings. The second-order valence-corrected chi connectivity index (χ2v) is 6.12. The first kappa shape index (κ1) is 17.6. The Balaban J connectivity index is 2.00. The summed E-state index contributed by atoms with van der Waals surface area (Å²) >= 11 is 0. The lowest BCUT2D eigenvalue weighted by molar-refractivity contribution is -0.136. The molecule has 2 aromatic rings. The molecule has 0 fully saturated rings. The van der Waals surface area contributed by atoms with Gasteiger partial charge in [-0.1, -0.05) is 48.5 Å². The topological polar surface area (TPSA) is 63.7 Å². The van der Waals surface area contributed by atoms with Crippen LogP contribution in [0.2, 0.25) is 0 Å². The third-order valence-corrected chi connectivity index (χ3v) is 4.39. The number of ether oxygens (including phenoxy) is 1. The van der Waals surface area contributed by atoms with Crippen molar-refractivity contribution in [3.63, 3.8) is 0 Å². The zero-order valence-electron chi connectivity index (χ0n) is 14.6. The van der Waals surface area contributed by atoms with Crippen LogP contribution in [-0.4, -0.2) is 35.8 Å². The molecule has 2 aromatic carbocycles. The van der Waals surface area contributed by atoms with Crippen molar-refractivity contribution in [3.8, 4) is 0 Å². The monoisotopic (exact) mass is 349 g/mol. The molecule has 0 saturated heterocycles. The van der Waals surface area contributed by atoms with Gasteiger partial charge in [-0.25, -0.2) is 4.79 Å². The molecular formula is C21H19NO4. The van der Waals surface area contributed by atoms with Gasteiger partial charge in [0.05, 0.1) is 24.3 Å². The van der Waals surface area contributed by atoms with Crippen molar-refractivity contribution in [1.82, 2.24) is 4.90 Å². The van der Waals surface area contributed by atoms with E-state index < -0.39 is 12.0 Å². The summed E-state index contributed by atoms with van der Waals surface area (Å²) in [6.45, 7) is 1.61. The van der Waals surface area contributed by atoms with E-state index in [-0.39, 0.29) is 11.8 Å². The minimum Gasteiger partial charge on any atom is -0.466 e. The molecule has 3 rings (SSSR count). The third-order valence-electron chi connectivity index (χ3n) is 4.39. The molecule has 0 bridgehead atoms. The summed E-state index contributed by atoms with van der Waals surface area (Å²) in [5.41, 5.74) is 2.09. The van der Waals surface area contributed by atoms with Gasteiger partial charge in [0.25, 0.3) is 11.8 Å². The normalized spacial score (nSPS) is 15.0. The lowest BCUT2D eigenvalue weighted by Gasteiger charge is -2.24. The molecule has 26 heavy (non-hydrogen) atoms. The number of nitrogens with zero attached hydrogens (tertiary/aromatic N) is 1. The van der Waals surface area contributed by atoms with E-state index >= 15 is 0 Å². The Morgan fingerprint density at radius 1 is 1.00 bits per heavy atom. The van der Waals surface area contributed by atoms with E-state index in [0.29, 0.717) is 23.1 Å². The number of fused-ring (bicyclic) bond motifs is 1. The van der Waals surface area contributed by atoms with Gasteiger partial charge in [-0.2, -0.15) is 0 Å². The van der Waals surface area contributed by atoms with Crippen molar-refractivity contribution < 1.29 is 19.1 Å². The zero-order chi connectivity index (χ0) is 18.7. The van der Waals surface area contributed by atoms with Crippen molar-refractivity contribution >= 4 is 17.8 Å². The highest BCUT2D eigenvalue weighted by Gasteiger charge is 2.39. The lowest BCUT2D eigenvalue weighted by Crippen LogP contribution is -2.40. The maximum Gasteiger partial charge on any atom is 0.333 e. The summed E-state index contributed by atoms with van der Waals surface area (Å²) in [7, 11) is 1.30. The highest BCUT2D eigenvalue weighted by molar-refractivity contribution is 6.21. The number of imide groups is 1. The Labute approximate surface area is 151 Å². The van der Waals surface area contributed by atoms with Gasteiger partial charge in [-0.05, 0) is 31.0 Å². The summed E-state index contributed by atoms with van der Waals surface area (Å²) in [6.07, 6.45) is 2.04. The second-order valence-electron chi connectivity index (χ2n) is 6.12. The Bertz CT molecular complexity index is 851. The second kappa shape index (κ2) is 7.35. The van der Waals surface area contributed by atoms with Crippen LogP contribution in [0.15, 0.2) is 66.2 Å². The molecule has 5 nitrogen and oxygen atoms in total. The summed E-state index contributed by atoms with van der Waals surface area (Å²) < 4.78 is 4.75. The first-order chi connectivity index (χ1) is 12.5. The number of rotatable bonds is 5. The fraction of sp³-hybridized carbons (Fsp3) is 0.190. The van der Waals surface area contributed by atoms with Crippen LogP contribution in [0.4, 0.5) is 0 Å². The summed E-state index contributed by atoms with van der Waals surface area (Å²) in [5.74, 6) is -1.18. The molecule has 2 amide bonds. The summed E-state index contributed by atoms with van der Waals surface area (Å²) in [6, 6.07) is 15.7. The van der Waals surface area contributed by atoms with Crippen LogP contribution in [0.5, 0.6) is 0 Å². The maximum atomic E-state index is 12.8. The number of esters is 1. The minimum atomic E-state index is -0.580. The molecule has 0 aromatic heterocycles. The lowest BCUT2D eigenvalue weighted by atomic mass is 10.0. The first-order valence-electron chi connectivity index (χ1n) is 8.30. The van der Waals surface area contributed by atoms with Gasteiger partial charge in [0, 0.05) is 5.57 Å². The average molecular weight is 349 g/mol. The zero-order valence-corrected chi connectivity index (χ0v) is 14.6. The smallest absolute Gasteiger partial charge is 0.333 e. The molecule has 0 spiro atoms. The van der Waals surface area contributed by atoms with Crippen LogP contribution < -0.4 is 0 Å². The number of benzene rings is 2. The molecule has 0 aliphatic carbocycles. The quantitative estimate of drug-likeness (QED) is 0.473. The maximum absolute atomic E-state index is 12.8. The molecule has 0 unspecified atom stereocenters. The van der Waals surface area contributed by atoms with Crippen molar-refractivity contribution in [2.75, 3.05) is 7.11 Å². The molecule has 0 saturated carbocycles. The number of hydrogen-bond acceptors (Lipinski definition) is 4. The molecule has 1 atom stereocenters. The van der Waals surface area contributed by atoms with Crippen molar-refractivity contribution in [2.45, 2.75) is 19.4 Å². The summed E-state index contributed by atoms with van der Waals surface area (Å²) in [5, 5.41) is 0. The number of methoxy groups -OCH3 is 1. The fourth-order valence-electron chi connectivity index (χ4n) is 3.11. The van der Waals surface area contributed by atoms with Gasteiger partial charge in [-0.3, -0.25) is 14.5 Å². The van der Waals surface area contributed by atoms with Crippen LogP contribution in [0.1, 0.15) is 33.2 Å². The number of carbonyl (C=O) groups excluding carboxylic acids is 3. The number of amides is 2. The SMILES string of the molecule is COC(=O)/C(C)=C/[C@H](Cc1ccccc1)N1C(=O)c2ccccc2C1=O. The molecule has 1 aliphatic heterocycles. The van der Waals surface area contributed by atoms with Crippen molar-refractivity contribution in [1.29, 1.82) is 0 Å². The largest absolute Gasteiger partial charge is 0.466 e. The molecule has 132 valence electrons. The molecule has 0 N–H and O–H groups in total. The van der Waals surface area contributed by atoms with Gasteiger partial charge < -0.3 is 4.74 Å². The Hall–Kier alpha value is -3.21. The van der Waals surface area contributed by atoms with Gasteiger partial charge >= 0.3 is 5.97 Å². The van der Waals surface area contributed by atoms with Gasteiger partial charge in [0.1, 0.15) is 0 Å². The predicted octanol–water partition coefficient (Wildman–Crippen LogP) is 3.01.